The second-order valence-corrected chi connectivity index (χ2v) is 7.92. The molecule has 3 rings (SSSR count). The highest BCUT2D eigenvalue weighted by Crippen LogP contribution is 2.31. The third kappa shape index (κ3) is 3.22. The highest BCUT2D eigenvalue weighted by Gasteiger charge is 2.36. The topological polar surface area (TPSA) is 61.5 Å². The summed E-state index contributed by atoms with van der Waals surface area (Å²) in [7, 11) is 1.89. The number of rotatable bonds is 4. The van der Waals surface area contributed by atoms with Crippen molar-refractivity contribution < 1.29 is 9.53 Å². The van der Waals surface area contributed by atoms with E-state index in [4.69, 9.17) is 4.74 Å². The summed E-state index contributed by atoms with van der Waals surface area (Å²) < 4.78 is 5.82. The van der Waals surface area contributed by atoms with Gasteiger partial charge in [0.15, 0.2) is 5.69 Å². The third-order valence-electron chi connectivity index (χ3n) is 5.46. The van der Waals surface area contributed by atoms with Crippen molar-refractivity contribution in [3.8, 4) is 0 Å². The van der Waals surface area contributed by atoms with Crippen LogP contribution in [0.3, 0.4) is 0 Å². The zero-order chi connectivity index (χ0) is 17.5. The Labute approximate surface area is 144 Å². The molecule has 1 aromatic rings. The molecule has 6 heteroatoms. The van der Waals surface area contributed by atoms with Crippen LogP contribution in [0.25, 0.3) is 0 Å². The summed E-state index contributed by atoms with van der Waals surface area (Å²) in [6, 6.07) is 0. The van der Waals surface area contributed by atoms with Gasteiger partial charge in [0.1, 0.15) is 0 Å². The predicted molar refractivity (Wildman–Crippen MR) is 93.1 cm³/mol. The first kappa shape index (κ1) is 17.4. The molecule has 0 spiro atoms. The molecule has 6 nitrogen and oxygen atoms in total. The third-order valence-corrected chi connectivity index (χ3v) is 5.46. The van der Waals surface area contributed by atoms with Crippen molar-refractivity contribution in [2.45, 2.75) is 64.7 Å². The molecule has 3 heterocycles. The van der Waals surface area contributed by atoms with Crippen LogP contribution < -0.4 is 0 Å². The number of fused-ring (bicyclic) bond motifs is 1. The highest BCUT2D eigenvalue weighted by atomic mass is 16.5. The maximum absolute atomic E-state index is 13.1. The molecule has 24 heavy (non-hydrogen) atoms. The summed E-state index contributed by atoms with van der Waals surface area (Å²) in [5, 5.41) is 7.36. The van der Waals surface area contributed by atoms with E-state index in [0.717, 1.165) is 37.3 Å². The lowest BCUT2D eigenvalue weighted by Crippen LogP contribution is -2.52. The van der Waals surface area contributed by atoms with E-state index in [9.17, 15) is 4.79 Å². The molecule has 0 radical (unpaired) electrons. The summed E-state index contributed by atoms with van der Waals surface area (Å²) in [5.74, 6) is -0.00185. The van der Waals surface area contributed by atoms with E-state index in [1.807, 2.05) is 25.8 Å². The average Bonchev–Trinajstić information content (AvgIpc) is 3.14. The van der Waals surface area contributed by atoms with Crippen LogP contribution >= 0.6 is 0 Å². The van der Waals surface area contributed by atoms with Crippen molar-refractivity contribution in [3.05, 3.63) is 17.0 Å². The number of likely N-dealkylation sites (N-methyl/N-ethyl adjacent to an activating group) is 1. The number of hydrogen-bond donors (Lipinski definition) is 1. The zero-order valence-corrected chi connectivity index (χ0v) is 15.6. The van der Waals surface area contributed by atoms with Crippen molar-refractivity contribution in [2.24, 2.45) is 0 Å². The fraction of sp³-hybridized carbons (Fsp3) is 0.778. The van der Waals surface area contributed by atoms with Gasteiger partial charge in [-0.3, -0.25) is 9.89 Å². The molecule has 0 aromatic carbocycles. The molecular weight excluding hydrogens is 304 g/mol. The lowest BCUT2D eigenvalue weighted by molar-refractivity contribution is -0.00706. The van der Waals surface area contributed by atoms with Gasteiger partial charge < -0.3 is 14.5 Å². The minimum absolute atomic E-state index is 0.00185. The van der Waals surface area contributed by atoms with Crippen LogP contribution in [-0.4, -0.2) is 64.2 Å². The van der Waals surface area contributed by atoms with Crippen LogP contribution in [0.5, 0.6) is 0 Å². The largest absolute Gasteiger partial charge is 0.369 e. The van der Waals surface area contributed by atoms with Crippen molar-refractivity contribution in [1.82, 2.24) is 20.0 Å². The van der Waals surface area contributed by atoms with E-state index in [2.05, 4.69) is 28.9 Å². The summed E-state index contributed by atoms with van der Waals surface area (Å²) in [5.41, 5.74) is 2.30. The van der Waals surface area contributed by atoms with Gasteiger partial charge in [0.05, 0.1) is 17.9 Å². The SMILES string of the molecule is C[C@@H]1Cc2c(C(=O)N(C)C(C)(C)CN3CCCC3)n[nH]c2[C@H](C)O1. The first-order chi connectivity index (χ1) is 11.3. The lowest BCUT2D eigenvalue weighted by atomic mass is 9.97. The molecule has 1 amide bonds. The van der Waals surface area contributed by atoms with Gasteiger partial charge in [-0.15, -0.1) is 0 Å². The predicted octanol–water partition coefficient (Wildman–Crippen LogP) is 2.38. The molecule has 1 aromatic heterocycles. The van der Waals surface area contributed by atoms with E-state index in [-0.39, 0.29) is 23.7 Å². The Balaban J connectivity index is 1.78. The monoisotopic (exact) mass is 334 g/mol. The average molecular weight is 334 g/mol. The Bertz CT molecular complexity index is 604. The number of aromatic nitrogens is 2. The quantitative estimate of drug-likeness (QED) is 0.918. The molecular formula is C18H30N4O2. The first-order valence-corrected chi connectivity index (χ1v) is 9.02. The number of nitrogens with zero attached hydrogens (tertiary/aromatic N) is 3. The second-order valence-electron chi connectivity index (χ2n) is 7.92. The Morgan fingerprint density at radius 3 is 2.71 bits per heavy atom. The summed E-state index contributed by atoms with van der Waals surface area (Å²) >= 11 is 0. The molecule has 0 unspecified atom stereocenters. The van der Waals surface area contributed by atoms with Crippen molar-refractivity contribution >= 4 is 5.91 Å². The van der Waals surface area contributed by atoms with Gasteiger partial charge in [-0.25, -0.2) is 0 Å². The van der Waals surface area contributed by atoms with Crippen molar-refractivity contribution in [3.63, 3.8) is 0 Å². The van der Waals surface area contributed by atoms with E-state index < -0.39 is 0 Å². The number of amides is 1. The van der Waals surface area contributed by atoms with E-state index in [0.29, 0.717) is 5.69 Å². The number of carbonyl (C=O) groups is 1. The van der Waals surface area contributed by atoms with Gasteiger partial charge in [0, 0.05) is 31.1 Å². The Kier molecular flexibility index (Phi) is 4.71. The molecule has 0 aliphatic carbocycles. The van der Waals surface area contributed by atoms with E-state index >= 15 is 0 Å². The fourth-order valence-electron chi connectivity index (χ4n) is 3.88. The summed E-state index contributed by atoms with van der Waals surface area (Å²) in [6.07, 6.45) is 3.32. The molecule has 2 atom stereocenters. The minimum atomic E-state index is -0.227. The number of hydrogen-bond acceptors (Lipinski definition) is 4. The number of nitrogens with one attached hydrogen (secondary N) is 1. The van der Waals surface area contributed by atoms with Crippen molar-refractivity contribution in [2.75, 3.05) is 26.7 Å². The number of ether oxygens (including phenoxy) is 1. The molecule has 1 saturated heterocycles. The van der Waals surface area contributed by atoms with Gasteiger partial charge in [0.2, 0.25) is 0 Å². The maximum atomic E-state index is 13.1. The number of carbonyl (C=O) groups excluding carboxylic acids is 1. The lowest BCUT2D eigenvalue weighted by Gasteiger charge is -2.38. The van der Waals surface area contributed by atoms with Gasteiger partial charge in [0.25, 0.3) is 5.91 Å². The molecule has 2 aliphatic rings. The first-order valence-electron chi connectivity index (χ1n) is 9.02. The number of aromatic amines is 1. The second kappa shape index (κ2) is 6.48. The molecule has 1 fully saturated rings. The van der Waals surface area contributed by atoms with Gasteiger partial charge in [-0.05, 0) is 53.6 Å². The van der Waals surface area contributed by atoms with Crippen LogP contribution in [0.2, 0.25) is 0 Å². The number of H-pyrrole nitrogens is 1. The van der Waals surface area contributed by atoms with Crippen LogP contribution in [0.4, 0.5) is 0 Å². The van der Waals surface area contributed by atoms with Crippen LogP contribution in [0, 0.1) is 0 Å². The minimum Gasteiger partial charge on any atom is -0.369 e. The normalized spacial score (nSPS) is 24.9. The fourth-order valence-corrected chi connectivity index (χ4v) is 3.88. The molecule has 2 aliphatic heterocycles. The van der Waals surface area contributed by atoms with Gasteiger partial charge in [-0.2, -0.15) is 5.10 Å². The molecule has 134 valence electrons. The van der Waals surface area contributed by atoms with E-state index in [1.165, 1.54) is 12.8 Å². The molecule has 1 N–H and O–H groups in total. The van der Waals surface area contributed by atoms with Crippen molar-refractivity contribution in [1.29, 1.82) is 0 Å². The van der Waals surface area contributed by atoms with Gasteiger partial charge >= 0.3 is 0 Å². The van der Waals surface area contributed by atoms with Crippen LogP contribution in [-0.2, 0) is 11.2 Å². The Morgan fingerprint density at radius 2 is 2.04 bits per heavy atom. The smallest absolute Gasteiger partial charge is 0.274 e. The Morgan fingerprint density at radius 1 is 1.38 bits per heavy atom. The summed E-state index contributed by atoms with van der Waals surface area (Å²) in [4.78, 5) is 17.4. The molecule has 0 bridgehead atoms. The highest BCUT2D eigenvalue weighted by molar-refractivity contribution is 5.94. The van der Waals surface area contributed by atoms with Crippen LogP contribution in [0.15, 0.2) is 0 Å². The molecule has 0 saturated carbocycles. The summed E-state index contributed by atoms with van der Waals surface area (Å²) in [6.45, 7) is 11.5. The van der Waals surface area contributed by atoms with Gasteiger partial charge in [-0.1, -0.05) is 0 Å². The standard InChI is InChI=1S/C18H30N4O2/c1-12-10-14-15(13(2)24-12)19-20-16(14)17(23)21(5)18(3,4)11-22-8-6-7-9-22/h12-13H,6-11H2,1-5H3,(H,19,20)/t12-,13+/m1/s1. The van der Waals surface area contributed by atoms with E-state index in [1.54, 1.807) is 0 Å². The maximum Gasteiger partial charge on any atom is 0.274 e. The van der Waals surface area contributed by atoms with Crippen LogP contribution in [0.1, 0.15) is 68.4 Å². The number of likely N-dealkylation sites (tertiary alicyclic amines) is 1. The zero-order valence-electron chi connectivity index (χ0n) is 15.6. The Hall–Kier alpha value is -1.40.